The molecule has 1 aromatic carbocycles. The van der Waals surface area contributed by atoms with Gasteiger partial charge in [0, 0.05) is 17.5 Å². The highest BCUT2D eigenvalue weighted by atomic mass is 16.5. The minimum atomic E-state index is -0.209. The minimum Gasteiger partial charge on any atom is -0.497 e. The van der Waals surface area contributed by atoms with E-state index in [1.54, 1.807) is 7.11 Å². The van der Waals surface area contributed by atoms with Gasteiger partial charge in [0.25, 0.3) is 0 Å². The molecule has 1 atom stereocenters. The number of rotatable bonds is 4. The van der Waals surface area contributed by atoms with Crippen molar-refractivity contribution in [3.8, 4) is 5.75 Å². The normalized spacial score (nSPS) is 23.1. The van der Waals surface area contributed by atoms with E-state index in [9.17, 15) is 4.79 Å². The van der Waals surface area contributed by atoms with Crippen molar-refractivity contribution in [2.45, 2.75) is 26.7 Å². The molecular formula is C15H21NO2. The Labute approximate surface area is 109 Å². The van der Waals surface area contributed by atoms with Gasteiger partial charge in [0.15, 0.2) is 5.78 Å². The molecule has 0 aromatic heterocycles. The van der Waals surface area contributed by atoms with Crippen LogP contribution in [0, 0.1) is 12.3 Å². The lowest BCUT2D eigenvalue weighted by Crippen LogP contribution is -2.33. The fraction of sp³-hybridized carbons (Fsp3) is 0.533. The first-order valence-electron chi connectivity index (χ1n) is 6.53. The largest absolute Gasteiger partial charge is 0.497 e. The second kappa shape index (κ2) is 5.11. The average Bonchev–Trinajstić information content (AvgIpc) is 2.87. The molecule has 2 rings (SSSR count). The van der Waals surface area contributed by atoms with E-state index in [0.717, 1.165) is 42.8 Å². The van der Waals surface area contributed by atoms with Gasteiger partial charge in [-0.15, -0.1) is 0 Å². The quantitative estimate of drug-likeness (QED) is 0.831. The number of ketones is 1. The van der Waals surface area contributed by atoms with E-state index < -0.39 is 0 Å². The molecular weight excluding hydrogens is 226 g/mol. The molecule has 1 N–H and O–H groups in total. The van der Waals surface area contributed by atoms with Crippen LogP contribution in [0.1, 0.15) is 35.7 Å². The molecule has 3 nitrogen and oxygen atoms in total. The van der Waals surface area contributed by atoms with Crippen molar-refractivity contribution in [1.29, 1.82) is 0 Å². The van der Waals surface area contributed by atoms with Gasteiger partial charge in [0.2, 0.25) is 0 Å². The lowest BCUT2D eigenvalue weighted by atomic mass is 9.76. The lowest BCUT2D eigenvalue weighted by molar-refractivity contribution is 0.0810. The van der Waals surface area contributed by atoms with Gasteiger partial charge in [-0.1, -0.05) is 6.92 Å². The third kappa shape index (κ3) is 2.15. The van der Waals surface area contributed by atoms with Crippen LogP contribution in [0.3, 0.4) is 0 Å². The van der Waals surface area contributed by atoms with Crippen molar-refractivity contribution in [2.24, 2.45) is 5.41 Å². The van der Waals surface area contributed by atoms with Gasteiger partial charge in [-0.3, -0.25) is 4.79 Å². The van der Waals surface area contributed by atoms with Gasteiger partial charge in [-0.25, -0.2) is 0 Å². The first-order chi connectivity index (χ1) is 8.63. The topological polar surface area (TPSA) is 38.3 Å². The molecule has 1 fully saturated rings. The summed E-state index contributed by atoms with van der Waals surface area (Å²) in [6.45, 7) is 5.81. The highest BCUT2D eigenvalue weighted by Gasteiger charge is 2.40. The van der Waals surface area contributed by atoms with Crippen molar-refractivity contribution in [1.82, 2.24) is 5.32 Å². The molecule has 1 aliphatic heterocycles. The number of Topliss-reactive ketones (excluding diaryl/α,β-unsaturated/α-hetero) is 1. The maximum atomic E-state index is 12.7. The lowest BCUT2D eigenvalue weighted by Gasteiger charge is -2.25. The number of carbonyl (C=O) groups is 1. The fourth-order valence-corrected chi connectivity index (χ4v) is 2.70. The van der Waals surface area contributed by atoms with E-state index >= 15 is 0 Å². The predicted molar refractivity (Wildman–Crippen MR) is 72.3 cm³/mol. The summed E-state index contributed by atoms with van der Waals surface area (Å²) < 4.78 is 5.18. The first kappa shape index (κ1) is 13.1. The van der Waals surface area contributed by atoms with Crippen LogP contribution in [0.5, 0.6) is 5.75 Å². The van der Waals surface area contributed by atoms with Crippen molar-refractivity contribution < 1.29 is 9.53 Å². The molecule has 98 valence electrons. The Morgan fingerprint density at radius 3 is 2.78 bits per heavy atom. The van der Waals surface area contributed by atoms with E-state index in [4.69, 9.17) is 4.74 Å². The van der Waals surface area contributed by atoms with E-state index in [2.05, 4.69) is 12.2 Å². The standard InChI is InChI=1S/C15H21NO2/c1-4-15(7-8-16-10-15)14(17)13-6-5-12(18-3)9-11(13)2/h5-6,9,16H,4,7-8,10H2,1-3H3. The Bertz CT molecular complexity index is 448. The zero-order valence-electron chi connectivity index (χ0n) is 11.4. The summed E-state index contributed by atoms with van der Waals surface area (Å²) in [7, 11) is 1.64. The Balaban J connectivity index is 2.33. The molecule has 0 saturated carbocycles. The summed E-state index contributed by atoms with van der Waals surface area (Å²) in [6.07, 6.45) is 1.83. The molecule has 1 heterocycles. The highest BCUT2D eigenvalue weighted by Crippen LogP contribution is 2.34. The second-order valence-corrected chi connectivity index (χ2v) is 5.07. The minimum absolute atomic E-state index is 0.209. The fourth-order valence-electron chi connectivity index (χ4n) is 2.70. The van der Waals surface area contributed by atoms with Crippen molar-refractivity contribution in [3.05, 3.63) is 29.3 Å². The Morgan fingerprint density at radius 1 is 1.50 bits per heavy atom. The van der Waals surface area contributed by atoms with E-state index in [1.165, 1.54) is 0 Å². The third-order valence-electron chi connectivity index (χ3n) is 4.08. The van der Waals surface area contributed by atoms with Crippen LogP contribution >= 0.6 is 0 Å². The number of ether oxygens (including phenoxy) is 1. The summed E-state index contributed by atoms with van der Waals surface area (Å²) in [6, 6.07) is 5.69. The number of hydrogen-bond donors (Lipinski definition) is 1. The monoisotopic (exact) mass is 247 g/mol. The Hall–Kier alpha value is -1.35. The van der Waals surface area contributed by atoms with Gasteiger partial charge in [-0.2, -0.15) is 0 Å². The zero-order valence-corrected chi connectivity index (χ0v) is 11.4. The Morgan fingerprint density at radius 2 is 2.28 bits per heavy atom. The molecule has 3 heteroatoms. The first-order valence-corrected chi connectivity index (χ1v) is 6.53. The summed E-state index contributed by atoms with van der Waals surface area (Å²) >= 11 is 0. The van der Waals surface area contributed by atoms with Crippen LogP contribution in [-0.2, 0) is 0 Å². The SMILES string of the molecule is CCC1(C(=O)c2ccc(OC)cc2C)CCNC1. The summed E-state index contributed by atoms with van der Waals surface area (Å²) in [4.78, 5) is 12.7. The summed E-state index contributed by atoms with van der Waals surface area (Å²) in [5.74, 6) is 1.08. The number of carbonyl (C=O) groups excluding carboxylic acids is 1. The third-order valence-corrected chi connectivity index (χ3v) is 4.08. The molecule has 0 spiro atoms. The molecule has 1 unspecified atom stereocenters. The van der Waals surface area contributed by atoms with Crippen molar-refractivity contribution >= 4 is 5.78 Å². The Kier molecular flexibility index (Phi) is 3.71. The van der Waals surface area contributed by atoms with Gasteiger partial charge in [0.05, 0.1) is 7.11 Å². The molecule has 0 aliphatic carbocycles. The summed E-state index contributed by atoms with van der Waals surface area (Å²) in [5, 5.41) is 3.31. The van der Waals surface area contributed by atoms with Crippen LogP contribution in [0.4, 0.5) is 0 Å². The van der Waals surface area contributed by atoms with Crippen molar-refractivity contribution in [3.63, 3.8) is 0 Å². The molecule has 18 heavy (non-hydrogen) atoms. The molecule has 0 radical (unpaired) electrons. The van der Waals surface area contributed by atoms with Crippen LogP contribution in [0.2, 0.25) is 0 Å². The number of hydrogen-bond acceptors (Lipinski definition) is 3. The maximum absolute atomic E-state index is 12.7. The van der Waals surface area contributed by atoms with Gasteiger partial charge < -0.3 is 10.1 Å². The molecule has 0 bridgehead atoms. The van der Waals surface area contributed by atoms with E-state index in [-0.39, 0.29) is 11.2 Å². The number of benzene rings is 1. The van der Waals surface area contributed by atoms with Crippen LogP contribution in [0.15, 0.2) is 18.2 Å². The molecule has 1 saturated heterocycles. The second-order valence-electron chi connectivity index (χ2n) is 5.07. The molecule has 1 aromatic rings. The van der Waals surface area contributed by atoms with Gasteiger partial charge in [0.1, 0.15) is 5.75 Å². The van der Waals surface area contributed by atoms with Gasteiger partial charge >= 0.3 is 0 Å². The van der Waals surface area contributed by atoms with E-state index in [0.29, 0.717) is 0 Å². The van der Waals surface area contributed by atoms with Crippen molar-refractivity contribution in [2.75, 3.05) is 20.2 Å². The number of aryl methyl sites for hydroxylation is 1. The number of nitrogens with one attached hydrogen (secondary N) is 1. The predicted octanol–water partition coefficient (Wildman–Crippen LogP) is 2.58. The summed E-state index contributed by atoms with van der Waals surface area (Å²) in [5.41, 5.74) is 1.62. The van der Waals surface area contributed by atoms with Crippen LogP contribution in [-0.4, -0.2) is 26.0 Å². The number of methoxy groups -OCH3 is 1. The highest BCUT2D eigenvalue weighted by molar-refractivity contribution is 6.02. The van der Waals surface area contributed by atoms with Gasteiger partial charge in [-0.05, 0) is 50.1 Å². The molecule has 1 aliphatic rings. The smallest absolute Gasteiger partial charge is 0.170 e. The molecule has 0 amide bonds. The van der Waals surface area contributed by atoms with Crippen LogP contribution in [0.25, 0.3) is 0 Å². The zero-order chi connectivity index (χ0) is 13.2. The maximum Gasteiger partial charge on any atom is 0.170 e. The van der Waals surface area contributed by atoms with Crippen LogP contribution < -0.4 is 10.1 Å². The average molecular weight is 247 g/mol. The van der Waals surface area contributed by atoms with E-state index in [1.807, 2.05) is 25.1 Å².